The summed E-state index contributed by atoms with van der Waals surface area (Å²) < 4.78 is 5.08. The Morgan fingerprint density at radius 1 is 1.47 bits per heavy atom. The highest BCUT2D eigenvalue weighted by Gasteiger charge is 2.12. The molecule has 1 heterocycles. The van der Waals surface area contributed by atoms with Gasteiger partial charge in [-0.1, -0.05) is 0 Å². The molecule has 1 unspecified atom stereocenters. The second-order valence-corrected chi connectivity index (χ2v) is 5.15. The van der Waals surface area contributed by atoms with Crippen LogP contribution in [0.3, 0.4) is 0 Å². The summed E-state index contributed by atoms with van der Waals surface area (Å²) in [6.45, 7) is 5.21. The Bertz CT molecular complexity index is 276. The Morgan fingerprint density at radius 2 is 2.20 bits per heavy atom. The summed E-state index contributed by atoms with van der Waals surface area (Å²) in [6, 6.07) is 2.78. The predicted molar refractivity (Wildman–Crippen MR) is 66.7 cm³/mol. The molecular weight excluding hydrogens is 206 g/mol. The number of ether oxygens (including phenoxy) is 1. The third-order valence-electron chi connectivity index (χ3n) is 2.72. The van der Waals surface area contributed by atoms with Crippen LogP contribution in [0.25, 0.3) is 0 Å². The van der Waals surface area contributed by atoms with Crippen molar-refractivity contribution in [2.75, 3.05) is 20.8 Å². The van der Waals surface area contributed by atoms with Crippen LogP contribution in [0.1, 0.15) is 34.2 Å². The van der Waals surface area contributed by atoms with E-state index in [9.17, 15) is 0 Å². The summed E-state index contributed by atoms with van der Waals surface area (Å²) in [6.07, 6.45) is 2.25. The molecule has 1 N–H and O–H groups in total. The molecule has 2 nitrogen and oxygen atoms in total. The number of hydrogen-bond donors (Lipinski definition) is 1. The van der Waals surface area contributed by atoms with Gasteiger partial charge in [0.15, 0.2) is 0 Å². The molecule has 0 radical (unpaired) electrons. The number of aryl methyl sites for hydroxylation is 2. The number of thiophene rings is 1. The predicted octanol–water partition coefficient (Wildman–Crippen LogP) is 3.05. The molecule has 86 valence electrons. The van der Waals surface area contributed by atoms with Crippen molar-refractivity contribution in [2.45, 2.75) is 32.7 Å². The lowest BCUT2D eigenvalue weighted by molar-refractivity contribution is 0.189. The molecule has 0 aromatic carbocycles. The Kier molecular flexibility index (Phi) is 5.29. The monoisotopic (exact) mass is 227 g/mol. The van der Waals surface area contributed by atoms with Crippen LogP contribution in [-0.4, -0.2) is 20.8 Å². The van der Waals surface area contributed by atoms with Crippen LogP contribution in [0.15, 0.2) is 6.07 Å². The maximum Gasteiger partial charge on any atom is 0.0462 e. The van der Waals surface area contributed by atoms with E-state index < -0.39 is 0 Å². The van der Waals surface area contributed by atoms with Crippen LogP contribution in [0.2, 0.25) is 0 Å². The molecule has 0 fully saturated rings. The quantitative estimate of drug-likeness (QED) is 0.754. The average molecular weight is 227 g/mol. The Labute approximate surface area is 96.7 Å². The fourth-order valence-corrected chi connectivity index (χ4v) is 2.82. The molecule has 1 atom stereocenters. The molecule has 0 spiro atoms. The van der Waals surface area contributed by atoms with Crippen molar-refractivity contribution < 1.29 is 4.74 Å². The second-order valence-electron chi connectivity index (χ2n) is 3.86. The van der Waals surface area contributed by atoms with Crippen molar-refractivity contribution >= 4 is 11.3 Å². The molecule has 0 aliphatic carbocycles. The van der Waals surface area contributed by atoms with Gasteiger partial charge in [-0.2, -0.15) is 0 Å². The SMILES string of the molecule is CNC(CCCOC)c1cc(C)c(C)s1. The van der Waals surface area contributed by atoms with Gasteiger partial charge in [-0.05, 0) is 45.4 Å². The molecular formula is C12H21NOS. The smallest absolute Gasteiger partial charge is 0.0462 e. The molecule has 3 heteroatoms. The maximum atomic E-state index is 5.08. The van der Waals surface area contributed by atoms with Crippen LogP contribution in [0.5, 0.6) is 0 Å². The first-order valence-corrected chi connectivity index (χ1v) is 6.23. The minimum absolute atomic E-state index is 0.484. The van der Waals surface area contributed by atoms with Crippen molar-refractivity contribution in [1.82, 2.24) is 5.32 Å². The largest absolute Gasteiger partial charge is 0.385 e. The third-order valence-corrected chi connectivity index (χ3v) is 3.98. The van der Waals surface area contributed by atoms with Gasteiger partial charge in [-0.3, -0.25) is 0 Å². The summed E-state index contributed by atoms with van der Waals surface area (Å²) >= 11 is 1.90. The molecule has 1 rings (SSSR count). The van der Waals surface area contributed by atoms with Crippen LogP contribution in [0.4, 0.5) is 0 Å². The van der Waals surface area contributed by atoms with Gasteiger partial charge in [-0.15, -0.1) is 11.3 Å². The number of methoxy groups -OCH3 is 1. The summed E-state index contributed by atoms with van der Waals surface area (Å²) in [5.41, 5.74) is 1.40. The highest BCUT2D eigenvalue weighted by atomic mass is 32.1. The highest BCUT2D eigenvalue weighted by Crippen LogP contribution is 2.28. The van der Waals surface area contributed by atoms with E-state index in [1.807, 2.05) is 18.4 Å². The average Bonchev–Trinajstić information content (AvgIpc) is 2.54. The van der Waals surface area contributed by atoms with Gasteiger partial charge >= 0.3 is 0 Å². The maximum absolute atomic E-state index is 5.08. The zero-order chi connectivity index (χ0) is 11.3. The van der Waals surface area contributed by atoms with Crippen LogP contribution >= 0.6 is 11.3 Å². The number of hydrogen-bond acceptors (Lipinski definition) is 3. The van der Waals surface area contributed by atoms with E-state index in [2.05, 4.69) is 25.2 Å². The van der Waals surface area contributed by atoms with Crippen molar-refractivity contribution in [1.29, 1.82) is 0 Å². The van der Waals surface area contributed by atoms with E-state index in [4.69, 9.17) is 4.74 Å². The molecule has 15 heavy (non-hydrogen) atoms. The van der Waals surface area contributed by atoms with Gasteiger partial charge in [0.25, 0.3) is 0 Å². The molecule has 0 bridgehead atoms. The van der Waals surface area contributed by atoms with E-state index in [-0.39, 0.29) is 0 Å². The molecule has 0 saturated heterocycles. The van der Waals surface area contributed by atoms with E-state index in [1.54, 1.807) is 7.11 Å². The Hall–Kier alpha value is -0.380. The van der Waals surface area contributed by atoms with E-state index in [0.717, 1.165) is 19.4 Å². The Morgan fingerprint density at radius 3 is 2.67 bits per heavy atom. The minimum atomic E-state index is 0.484. The molecule has 1 aromatic rings. The van der Waals surface area contributed by atoms with Crippen LogP contribution < -0.4 is 5.32 Å². The second kappa shape index (κ2) is 6.26. The topological polar surface area (TPSA) is 21.3 Å². The zero-order valence-corrected chi connectivity index (χ0v) is 10.9. The minimum Gasteiger partial charge on any atom is -0.385 e. The first-order chi connectivity index (χ1) is 7.19. The molecule has 1 aromatic heterocycles. The number of nitrogens with one attached hydrogen (secondary N) is 1. The lowest BCUT2D eigenvalue weighted by atomic mass is 10.1. The lowest BCUT2D eigenvalue weighted by Crippen LogP contribution is -2.15. The van der Waals surface area contributed by atoms with Crippen molar-refractivity contribution in [2.24, 2.45) is 0 Å². The number of rotatable bonds is 6. The van der Waals surface area contributed by atoms with Crippen LogP contribution in [-0.2, 0) is 4.74 Å². The zero-order valence-electron chi connectivity index (χ0n) is 10.1. The fraction of sp³-hybridized carbons (Fsp3) is 0.667. The van der Waals surface area contributed by atoms with Gasteiger partial charge in [0.2, 0.25) is 0 Å². The summed E-state index contributed by atoms with van der Waals surface area (Å²) in [4.78, 5) is 2.88. The molecule has 0 aliphatic rings. The summed E-state index contributed by atoms with van der Waals surface area (Å²) in [5.74, 6) is 0. The lowest BCUT2D eigenvalue weighted by Gasteiger charge is -2.13. The van der Waals surface area contributed by atoms with Gasteiger partial charge in [-0.25, -0.2) is 0 Å². The van der Waals surface area contributed by atoms with E-state index in [0.29, 0.717) is 6.04 Å². The van der Waals surface area contributed by atoms with Crippen molar-refractivity contribution in [3.05, 3.63) is 21.4 Å². The van der Waals surface area contributed by atoms with Gasteiger partial charge in [0.05, 0.1) is 0 Å². The van der Waals surface area contributed by atoms with Crippen molar-refractivity contribution in [3.8, 4) is 0 Å². The first kappa shape index (κ1) is 12.7. The first-order valence-electron chi connectivity index (χ1n) is 5.42. The van der Waals surface area contributed by atoms with E-state index >= 15 is 0 Å². The fourth-order valence-electron chi connectivity index (χ4n) is 1.63. The highest BCUT2D eigenvalue weighted by molar-refractivity contribution is 7.12. The molecule has 0 amide bonds. The summed E-state index contributed by atoms with van der Waals surface area (Å²) in [7, 11) is 3.79. The molecule has 0 saturated carbocycles. The van der Waals surface area contributed by atoms with E-state index in [1.165, 1.54) is 15.3 Å². The Balaban J connectivity index is 2.57. The van der Waals surface area contributed by atoms with Crippen LogP contribution in [0, 0.1) is 13.8 Å². The van der Waals surface area contributed by atoms with Gasteiger partial charge < -0.3 is 10.1 Å². The standard InChI is InChI=1S/C12H21NOS/c1-9-8-12(15-10(9)2)11(13-3)6-5-7-14-4/h8,11,13H,5-7H2,1-4H3. The van der Waals surface area contributed by atoms with Gasteiger partial charge in [0.1, 0.15) is 0 Å². The normalized spacial score (nSPS) is 13.1. The summed E-state index contributed by atoms with van der Waals surface area (Å²) in [5, 5.41) is 3.37. The third kappa shape index (κ3) is 3.59. The van der Waals surface area contributed by atoms with Crippen molar-refractivity contribution in [3.63, 3.8) is 0 Å². The van der Waals surface area contributed by atoms with Gasteiger partial charge in [0, 0.05) is 29.5 Å². The molecule has 0 aliphatic heterocycles.